The number of ether oxygens (including phenoxy) is 2. The molecule has 2 aliphatic rings. The fraction of sp³-hybridized carbons (Fsp3) is 0.458. The number of guanidine groups is 1. The van der Waals surface area contributed by atoms with E-state index in [0.29, 0.717) is 6.04 Å². The van der Waals surface area contributed by atoms with Gasteiger partial charge in [-0.3, -0.25) is 4.99 Å². The molecule has 1 atom stereocenters. The van der Waals surface area contributed by atoms with E-state index in [4.69, 9.17) is 9.47 Å². The summed E-state index contributed by atoms with van der Waals surface area (Å²) in [6.45, 7) is 3.64. The lowest BCUT2D eigenvalue weighted by Gasteiger charge is -2.36. The Hall–Kier alpha value is -2.89. The first-order chi connectivity index (χ1) is 14.8. The zero-order valence-electron chi connectivity index (χ0n) is 18.0. The summed E-state index contributed by atoms with van der Waals surface area (Å²) in [4.78, 5) is 6.84. The maximum absolute atomic E-state index is 5.60. The maximum Gasteiger partial charge on any atom is 0.191 e. The van der Waals surface area contributed by atoms with Crippen molar-refractivity contribution in [2.24, 2.45) is 4.99 Å². The van der Waals surface area contributed by atoms with Gasteiger partial charge in [-0.25, -0.2) is 0 Å². The van der Waals surface area contributed by atoms with Crippen molar-refractivity contribution in [2.45, 2.75) is 31.7 Å². The van der Waals surface area contributed by atoms with E-state index >= 15 is 0 Å². The van der Waals surface area contributed by atoms with Crippen molar-refractivity contribution in [2.75, 3.05) is 45.3 Å². The van der Waals surface area contributed by atoms with Crippen LogP contribution in [0.5, 0.6) is 11.5 Å². The fourth-order valence-corrected chi connectivity index (χ4v) is 4.31. The van der Waals surface area contributed by atoms with Gasteiger partial charge in [-0.05, 0) is 48.6 Å². The summed E-state index contributed by atoms with van der Waals surface area (Å²) < 4.78 is 11.1. The van der Waals surface area contributed by atoms with Gasteiger partial charge in [0.1, 0.15) is 11.5 Å². The van der Waals surface area contributed by atoms with Crippen LogP contribution in [0.3, 0.4) is 0 Å². The van der Waals surface area contributed by atoms with Gasteiger partial charge in [-0.2, -0.15) is 0 Å². The molecule has 0 spiro atoms. The van der Waals surface area contributed by atoms with E-state index in [1.54, 1.807) is 7.11 Å². The molecule has 0 radical (unpaired) electrons. The highest BCUT2D eigenvalue weighted by Crippen LogP contribution is 2.30. The van der Waals surface area contributed by atoms with Gasteiger partial charge >= 0.3 is 0 Å². The standard InChI is InChI=1S/C24H32N4O2/c1-25-24(26-13-11-18-9-10-22-19(16-18)12-15-30-22)27-20-6-5-14-28(17-20)21-7-3-4-8-23(21)29-2/h3-4,7-10,16,20H,5-6,11-15,17H2,1-2H3,(H2,25,26,27). The minimum absolute atomic E-state index is 0.354. The molecule has 2 N–H and O–H groups in total. The van der Waals surface area contributed by atoms with Crippen molar-refractivity contribution in [3.8, 4) is 11.5 Å². The number of rotatable bonds is 6. The highest BCUT2D eigenvalue weighted by molar-refractivity contribution is 5.80. The number of benzene rings is 2. The molecule has 2 aromatic carbocycles. The first-order valence-electron chi connectivity index (χ1n) is 10.9. The molecule has 0 aromatic heterocycles. The molecule has 30 heavy (non-hydrogen) atoms. The number of nitrogens with one attached hydrogen (secondary N) is 2. The Kier molecular flexibility index (Phi) is 6.62. The van der Waals surface area contributed by atoms with Crippen molar-refractivity contribution in [1.29, 1.82) is 0 Å². The van der Waals surface area contributed by atoms with Gasteiger partial charge in [0.25, 0.3) is 0 Å². The fourth-order valence-electron chi connectivity index (χ4n) is 4.31. The number of anilines is 1. The molecule has 2 aliphatic heterocycles. The average Bonchev–Trinajstić information content (AvgIpc) is 3.26. The number of aliphatic imine (C=N–C) groups is 1. The monoisotopic (exact) mass is 408 g/mol. The van der Waals surface area contributed by atoms with Crippen LogP contribution in [0.25, 0.3) is 0 Å². The Morgan fingerprint density at radius 3 is 3.03 bits per heavy atom. The number of methoxy groups -OCH3 is 1. The normalized spacial score (nSPS) is 18.5. The third kappa shape index (κ3) is 4.81. The molecule has 1 unspecified atom stereocenters. The van der Waals surface area contributed by atoms with Gasteiger partial charge in [-0.15, -0.1) is 0 Å². The topological polar surface area (TPSA) is 58.1 Å². The lowest BCUT2D eigenvalue weighted by atomic mass is 10.0. The van der Waals surface area contributed by atoms with E-state index < -0.39 is 0 Å². The van der Waals surface area contributed by atoms with Crippen molar-refractivity contribution < 1.29 is 9.47 Å². The second kappa shape index (κ2) is 9.74. The second-order valence-corrected chi connectivity index (χ2v) is 7.89. The summed E-state index contributed by atoms with van der Waals surface area (Å²) in [6, 6.07) is 15.1. The van der Waals surface area contributed by atoms with E-state index in [-0.39, 0.29) is 0 Å². The number of hydrogen-bond acceptors (Lipinski definition) is 4. The molecule has 4 rings (SSSR count). The quantitative estimate of drug-likeness (QED) is 0.568. The van der Waals surface area contributed by atoms with E-state index in [2.05, 4.69) is 50.9 Å². The van der Waals surface area contributed by atoms with Gasteiger partial charge in [-0.1, -0.05) is 24.3 Å². The number of hydrogen-bond donors (Lipinski definition) is 2. The maximum atomic E-state index is 5.60. The van der Waals surface area contributed by atoms with Gasteiger partial charge in [0, 0.05) is 39.1 Å². The average molecular weight is 409 g/mol. The Morgan fingerprint density at radius 2 is 2.17 bits per heavy atom. The summed E-state index contributed by atoms with van der Waals surface area (Å²) in [5, 5.41) is 7.08. The smallest absolute Gasteiger partial charge is 0.191 e. The zero-order chi connectivity index (χ0) is 20.8. The minimum atomic E-state index is 0.354. The van der Waals surface area contributed by atoms with Crippen molar-refractivity contribution >= 4 is 11.6 Å². The molecule has 0 saturated carbocycles. The molecule has 2 heterocycles. The van der Waals surface area contributed by atoms with Crippen LogP contribution < -0.4 is 25.0 Å². The van der Waals surface area contributed by atoms with Crippen molar-refractivity contribution in [1.82, 2.24) is 10.6 Å². The Morgan fingerprint density at radius 1 is 1.27 bits per heavy atom. The summed E-state index contributed by atoms with van der Waals surface area (Å²) in [5.41, 5.74) is 3.82. The molecule has 2 aromatic rings. The molecule has 0 aliphatic carbocycles. The minimum Gasteiger partial charge on any atom is -0.495 e. The molecule has 1 saturated heterocycles. The third-order valence-corrected chi connectivity index (χ3v) is 5.87. The predicted octanol–water partition coefficient (Wildman–Crippen LogP) is 3.01. The third-order valence-electron chi connectivity index (χ3n) is 5.87. The Balaban J connectivity index is 1.29. The number of para-hydroxylation sites is 2. The van der Waals surface area contributed by atoms with E-state index in [1.807, 2.05) is 19.2 Å². The van der Waals surface area contributed by atoms with Crippen LogP contribution in [0.15, 0.2) is 47.5 Å². The SMILES string of the molecule is CN=C(NCCc1ccc2c(c1)CCO2)NC1CCCN(c2ccccc2OC)C1. The largest absolute Gasteiger partial charge is 0.495 e. The van der Waals surface area contributed by atoms with Gasteiger partial charge in [0.2, 0.25) is 0 Å². The van der Waals surface area contributed by atoms with Gasteiger partial charge in [0.05, 0.1) is 19.4 Å². The molecule has 6 heteroatoms. The predicted molar refractivity (Wildman–Crippen MR) is 122 cm³/mol. The van der Waals surface area contributed by atoms with Crippen molar-refractivity contribution in [3.63, 3.8) is 0 Å². The van der Waals surface area contributed by atoms with Gasteiger partial charge in [0.15, 0.2) is 5.96 Å². The van der Waals surface area contributed by atoms with Crippen LogP contribution in [-0.2, 0) is 12.8 Å². The Labute approximate surface area is 179 Å². The lowest BCUT2D eigenvalue weighted by Crippen LogP contribution is -2.51. The summed E-state index contributed by atoms with van der Waals surface area (Å²) in [7, 11) is 3.57. The summed E-state index contributed by atoms with van der Waals surface area (Å²) >= 11 is 0. The second-order valence-electron chi connectivity index (χ2n) is 7.89. The highest BCUT2D eigenvalue weighted by Gasteiger charge is 2.22. The number of nitrogens with zero attached hydrogens (tertiary/aromatic N) is 2. The highest BCUT2D eigenvalue weighted by atomic mass is 16.5. The Bertz CT molecular complexity index is 883. The first-order valence-corrected chi connectivity index (χ1v) is 10.9. The van der Waals surface area contributed by atoms with Crippen LogP contribution in [0.2, 0.25) is 0 Å². The molecule has 6 nitrogen and oxygen atoms in total. The van der Waals surface area contributed by atoms with Gasteiger partial charge < -0.3 is 25.0 Å². The zero-order valence-corrected chi connectivity index (χ0v) is 18.0. The molecule has 1 fully saturated rings. The first kappa shape index (κ1) is 20.4. The number of piperidine rings is 1. The van der Waals surface area contributed by atoms with E-state index in [1.165, 1.54) is 11.1 Å². The number of fused-ring (bicyclic) bond motifs is 1. The molecule has 160 valence electrons. The lowest BCUT2D eigenvalue weighted by molar-refractivity contribution is 0.357. The van der Waals surface area contributed by atoms with Crippen molar-refractivity contribution in [3.05, 3.63) is 53.6 Å². The summed E-state index contributed by atoms with van der Waals surface area (Å²) in [6.07, 6.45) is 4.26. The van der Waals surface area contributed by atoms with Crippen LogP contribution in [-0.4, -0.2) is 52.4 Å². The van der Waals surface area contributed by atoms with Crippen LogP contribution >= 0.6 is 0 Å². The molecular formula is C24H32N4O2. The molecular weight excluding hydrogens is 376 g/mol. The van der Waals surface area contributed by atoms with E-state index in [9.17, 15) is 0 Å². The van der Waals surface area contributed by atoms with Crippen LogP contribution in [0.1, 0.15) is 24.0 Å². The summed E-state index contributed by atoms with van der Waals surface area (Å²) in [5.74, 6) is 2.84. The molecule has 0 bridgehead atoms. The van der Waals surface area contributed by atoms with Crippen LogP contribution in [0, 0.1) is 0 Å². The molecule has 0 amide bonds. The van der Waals surface area contributed by atoms with E-state index in [0.717, 1.165) is 75.1 Å². The van der Waals surface area contributed by atoms with Crippen LogP contribution in [0.4, 0.5) is 5.69 Å².